The van der Waals surface area contributed by atoms with E-state index in [0.717, 1.165) is 0 Å². The third-order valence-corrected chi connectivity index (χ3v) is 3.81. The lowest BCUT2D eigenvalue weighted by atomic mass is 9.83. The van der Waals surface area contributed by atoms with E-state index in [-0.39, 0.29) is 35.3 Å². The molecule has 2 rings (SSSR count). The third kappa shape index (κ3) is 3.44. The second kappa shape index (κ2) is 7.40. The number of nitrogens with zero attached hydrogens (tertiary/aromatic N) is 1. The Kier molecular flexibility index (Phi) is 5.54. The van der Waals surface area contributed by atoms with Crippen molar-refractivity contribution >= 4 is 29.2 Å². The first-order valence-corrected chi connectivity index (χ1v) is 7.73. The Morgan fingerprint density at radius 3 is 2.61 bits per heavy atom. The SMILES string of the molecule is CCOC(=O)C1=C(CCl)OC(N)=C(C#N)[C@H]1c1ccc(Cl)cc1. The van der Waals surface area contributed by atoms with Crippen molar-refractivity contribution in [3.63, 3.8) is 0 Å². The van der Waals surface area contributed by atoms with Crippen molar-refractivity contribution in [2.24, 2.45) is 5.73 Å². The fraction of sp³-hybridized carbons (Fsp3) is 0.250. The quantitative estimate of drug-likeness (QED) is 0.664. The van der Waals surface area contributed by atoms with Crippen LogP contribution < -0.4 is 5.73 Å². The number of alkyl halides is 1. The first-order valence-electron chi connectivity index (χ1n) is 6.82. The van der Waals surface area contributed by atoms with E-state index in [4.69, 9.17) is 38.4 Å². The maximum atomic E-state index is 12.4. The van der Waals surface area contributed by atoms with Gasteiger partial charge in [-0.1, -0.05) is 23.7 Å². The van der Waals surface area contributed by atoms with Crippen LogP contribution in [0.15, 0.2) is 47.1 Å². The van der Waals surface area contributed by atoms with Gasteiger partial charge in [0.05, 0.1) is 24.0 Å². The van der Waals surface area contributed by atoms with Crippen molar-refractivity contribution in [3.8, 4) is 6.07 Å². The zero-order valence-corrected chi connectivity index (χ0v) is 13.8. The highest BCUT2D eigenvalue weighted by Crippen LogP contribution is 2.40. The highest BCUT2D eigenvalue weighted by Gasteiger charge is 2.37. The van der Waals surface area contributed by atoms with Crippen LogP contribution in [-0.2, 0) is 14.3 Å². The minimum absolute atomic E-state index is 0.0718. The summed E-state index contributed by atoms with van der Waals surface area (Å²) < 4.78 is 10.4. The van der Waals surface area contributed by atoms with Crippen molar-refractivity contribution in [2.75, 3.05) is 12.5 Å². The number of rotatable bonds is 4. The smallest absolute Gasteiger partial charge is 0.338 e. The number of halogens is 2. The largest absolute Gasteiger partial charge is 0.463 e. The molecule has 0 saturated carbocycles. The number of nitriles is 1. The van der Waals surface area contributed by atoms with Gasteiger partial charge < -0.3 is 15.2 Å². The first kappa shape index (κ1) is 17.2. The molecular weight excluding hydrogens is 339 g/mol. The predicted molar refractivity (Wildman–Crippen MR) is 86.5 cm³/mol. The molecule has 1 heterocycles. The molecule has 0 unspecified atom stereocenters. The molecule has 0 saturated heterocycles. The Morgan fingerprint density at radius 1 is 1.43 bits per heavy atom. The number of esters is 1. The lowest BCUT2D eigenvalue weighted by Crippen LogP contribution is -2.26. The zero-order valence-electron chi connectivity index (χ0n) is 12.3. The van der Waals surface area contributed by atoms with Gasteiger partial charge in [-0.15, -0.1) is 11.6 Å². The maximum absolute atomic E-state index is 12.4. The summed E-state index contributed by atoms with van der Waals surface area (Å²) in [7, 11) is 0. The summed E-state index contributed by atoms with van der Waals surface area (Å²) in [5, 5.41) is 9.97. The van der Waals surface area contributed by atoms with Gasteiger partial charge in [0, 0.05) is 5.02 Å². The van der Waals surface area contributed by atoms with Gasteiger partial charge in [0.25, 0.3) is 0 Å². The number of carbonyl (C=O) groups excluding carboxylic acids is 1. The number of carbonyl (C=O) groups is 1. The van der Waals surface area contributed by atoms with Crippen LogP contribution in [0.4, 0.5) is 0 Å². The van der Waals surface area contributed by atoms with E-state index in [1.54, 1.807) is 31.2 Å². The molecule has 1 aromatic rings. The summed E-state index contributed by atoms with van der Waals surface area (Å²) >= 11 is 11.8. The highest BCUT2D eigenvalue weighted by molar-refractivity contribution is 6.30. The van der Waals surface area contributed by atoms with Crippen LogP contribution in [0.3, 0.4) is 0 Å². The van der Waals surface area contributed by atoms with Crippen molar-refractivity contribution in [2.45, 2.75) is 12.8 Å². The van der Waals surface area contributed by atoms with Gasteiger partial charge in [0.1, 0.15) is 17.4 Å². The third-order valence-electron chi connectivity index (χ3n) is 3.32. The average molecular weight is 353 g/mol. The van der Waals surface area contributed by atoms with Crippen LogP contribution >= 0.6 is 23.2 Å². The Morgan fingerprint density at radius 2 is 2.09 bits per heavy atom. The van der Waals surface area contributed by atoms with E-state index in [2.05, 4.69) is 0 Å². The van der Waals surface area contributed by atoms with E-state index in [0.29, 0.717) is 10.6 Å². The molecule has 0 amide bonds. The van der Waals surface area contributed by atoms with Gasteiger partial charge >= 0.3 is 5.97 Å². The van der Waals surface area contributed by atoms with Crippen molar-refractivity contribution in [1.82, 2.24) is 0 Å². The van der Waals surface area contributed by atoms with Gasteiger partial charge in [-0.05, 0) is 24.6 Å². The van der Waals surface area contributed by atoms with Gasteiger partial charge in [-0.25, -0.2) is 4.79 Å². The number of hydrogen-bond donors (Lipinski definition) is 1. The lowest BCUT2D eigenvalue weighted by molar-refractivity contribution is -0.139. The number of benzene rings is 1. The molecule has 120 valence electrons. The van der Waals surface area contributed by atoms with Crippen molar-refractivity contribution < 1.29 is 14.3 Å². The Balaban J connectivity index is 2.63. The average Bonchev–Trinajstić information content (AvgIpc) is 2.54. The molecule has 1 aliphatic heterocycles. The summed E-state index contributed by atoms with van der Waals surface area (Å²) in [4.78, 5) is 12.4. The summed E-state index contributed by atoms with van der Waals surface area (Å²) in [6.07, 6.45) is 0. The standard InChI is InChI=1S/C16H14Cl2N2O3/c1-2-22-16(21)14-12(7-17)23-15(20)11(8-19)13(14)9-3-5-10(18)6-4-9/h3-6,13H,2,7,20H2,1H3/t13-/m1/s1. The number of nitrogens with two attached hydrogens (primary N) is 1. The van der Waals surface area contributed by atoms with Crippen LogP contribution in [0.2, 0.25) is 5.02 Å². The minimum Gasteiger partial charge on any atom is -0.463 e. The fourth-order valence-electron chi connectivity index (χ4n) is 2.34. The minimum atomic E-state index is -0.709. The van der Waals surface area contributed by atoms with Crippen LogP contribution in [0.1, 0.15) is 18.4 Å². The van der Waals surface area contributed by atoms with Crippen molar-refractivity contribution in [3.05, 3.63) is 57.6 Å². The molecule has 1 atom stereocenters. The molecule has 7 heteroatoms. The molecule has 1 aliphatic rings. The van der Waals surface area contributed by atoms with Gasteiger partial charge in [-0.3, -0.25) is 0 Å². The van der Waals surface area contributed by atoms with Crippen molar-refractivity contribution in [1.29, 1.82) is 5.26 Å². The molecule has 0 radical (unpaired) electrons. The maximum Gasteiger partial charge on any atom is 0.338 e. The van der Waals surface area contributed by atoms with Crippen LogP contribution in [0.5, 0.6) is 0 Å². The molecule has 0 bridgehead atoms. The summed E-state index contributed by atoms with van der Waals surface area (Å²) in [5.41, 5.74) is 6.79. The molecule has 1 aromatic carbocycles. The normalized spacial score (nSPS) is 17.6. The molecular formula is C16H14Cl2N2O3. The van der Waals surface area contributed by atoms with Crippen LogP contribution in [0, 0.1) is 11.3 Å². The second-order valence-corrected chi connectivity index (χ2v) is 5.37. The number of ether oxygens (including phenoxy) is 2. The van der Waals surface area contributed by atoms with E-state index < -0.39 is 11.9 Å². The second-order valence-electron chi connectivity index (χ2n) is 4.67. The lowest BCUT2D eigenvalue weighted by Gasteiger charge is -2.27. The Labute approximate surface area is 143 Å². The van der Waals surface area contributed by atoms with E-state index in [1.165, 1.54) is 0 Å². The van der Waals surface area contributed by atoms with Gasteiger partial charge in [0.15, 0.2) is 0 Å². The monoisotopic (exact) mass is 352 g/mol. The van der Waals surface area contributed by atoms with Gasteiger partial charge in [-0.2, -0.15) is 5.26 Å². The molecule has 0 aliphatic carbocycles. The molecule has 0 fully saturated rings. The fourth-order valence-corrected chi connectivity index (χ4v) is 2.66. The molecule has 2 N–H and O–H groups in total. The van der Waals surface area contributed by atoms with Crippen LogP contribution in [-0.4, -0.2) is 18.5 Å². The van der Waals surface area contributed by atoms with Crippen LogP contribution in [0.25, 0.3) is 0 Å². The van der Waals surface area contributed by atoms with E-state index >= 15 is 0 Å². The highest BCUT2D eigenvalue weighted by atomic mass is 35.5. The zero-order chi connectivity index (χ0) is 17.0. The van der Waals surface area contributed by atoms with E-state index in [1.807, 2.05) is 6.07 Å². The summed E-state index contributed by atoms with van der Waals surface area (Å²) in [6.45, 7) is 1.88. The Hall–Kier alpha value is -2.16. The van der Waals surface area contributed by atoms with E-state index in [9.17, 15) is 10.1 Å². The predicted octanol–water partition coefficient (Wildman–Crippen LogP) is 3.20. The molecule has 0 spiro atoms. The molecule has 5 nitrogen and oxygen atoms in total. The molecule has 23 heavy (non-hydrogen) atoms. The topological polar surface area (TPSA) is 85.3 Å². The Bertz CT molecular complexity index is 718. The summed E-state index contributed by atoms with van der Waals surface area (Å²) in [6, 6.07) is 8.77. The number of hydrogen-bond acceptors (Lipinski definition) is 5. The number of allylic oxidation sites excluding steroid dienone is 2. The molecule has 0 aromatic heterocycles. The van der Waals surface area contributed by atoms with Gasteiger partial charge in [0.2, 0.25) is 5.88 Å². The summed E-state index contributed by atoms with van der Waals surface area (Å²) in [5.74, 6) is -1.27. The first-order chi connectivity index (χ1) is 11.0.